The van der Waals surface area contributed by atoms with Crippen LogP contribution in [-0.2, 0) is 6.61 Å². The van der Waals surface area contributed by atoms with Crippen molar-refractivity contribution in [2.75, 3.05) is 7.11 Å². The summed E-state index contributed by atoms with van der Waals surface area (Å²) >= 11 is 8.68. The monoisotopic (exact) mass is 418 g/mol. The van der Waals surface area contributed by atoms with Gasteiger partial charge in [-0.3, -0.25) is 0 Å². The number of halogens is 1. The molecule has 1 aromatic heterocycles. The van der Waals surface area contributed by atoms with Crippen LogP contribution in [0.2, 0.25) is 0 Å². The van der Waals surface area contributed by atoms with Gasteiger partial charge in [0.25, 0.3) is 0 Å². The Balaban J connectivity index is 1.77. The Hall–Kier alpha value is -2.45. The molecule has 0 aliphatic heterocycles. The maximum absolute atomic E-state index is 5.70. The Kier molecular flexibility index (Phi) is 5.62. The second-order valence-corrected chi connectivity index (χ2v) is 6.24. The Morgan fingerprint density at radius 2 is 2.08 bits per heavy atom. The van der Waals surface area contributed by atoms with Crippen LogP contribution < -0.4 is 9.47 Å². The number of benzene rings is 2. The molecule has 0 saturated heterocycles. The number of nitrogens with zero attached hydrogens (tertiary/aromatic N) is 3. The van der Waals surface area contributed by atoms with Gasteiger partial charge >= 0.3 is 0 Å². The third-order valence-electron chi connectivity index (χ3n) is 3.33. The second kappa shape index (κ2) is 8.09. The van der Waals surface area contributed by atoms with Crippen LogP contribution in [0.25, 0.3) is 0 Å². The summed E-state index contributed by atoms with van der Waals surface area (Å²) in [6.07, 6.45) is 1.70. The van der Waals surface area contributed by atoms with Crippen LogP contribution in [0.3, 0.4) is 0 Å². The van der Waals surface area contributed by atoms with E-state index in [2.05, 4.69) is 31.2 Å². The molecular weight excluding hydrogens is 404 g/mol. The summed E-state index contributed by atoms with van der Waals surface area (Å²) in [6, 6.07) is 15.2. The first-order chi connectivity index (χ1) is 12.2. The van der Waals surface area contributed by atoms with Crippen LogP contribution in [0.4, 0.5) is 0 Å². The summed E-state index contributed by atoms with van der Waals surface area (Å²) in [4.78, 5) is 0. The summed E-state index contributed by atoms with van der Waals surface area (Å²) in [6.45, 7) is 0.251. The van der Waals surface area contributed by atoms with Crippen LogP contribution in [0.5, 0.6) is 11.5 Å². The molecule has 0 spiro atoms. The van der Waals surface area contributed by atoms with E-state index in [1.54, 1.807) is 13.3 Å². The van der Waals surface area contributed by atoms with E-state index in [1.165, 1.54) is 4.68 Å². The smallest absolute Gasteiger partial charge is 0.216 e. The molecule has 0 amide bonds. The number of para-hydroxylation sites is 1. The van der Waals surface area contributed by atoms with Gasteiger partial charge in [0.2, 0.25) is 4.77 Å². The van der Waals surface area contributed by atoms with Crippen LogP contribution in [0.1, 0.15) is 11.4 Å². The highest BCUT2D eigenvalue weighted by molar-refractivity contribution is 9.10. The van der Waals surface area contributed by atoms with Crippen molar-refractivity contribution in [3.05, 3.63) is 69.2 Å². The normalized spacial score (nSPS) is 11.0. The molecular formula is C17H15BrN4O2S. The van der Waals surface area contributed by atoms with Gasteiger partial charge in [-0.25, -0.2) is 5.10 Å². The standard InChI is InChI=1S/C17H15BrN4O2S/c1-23-15-8-7-12(9-14(15)18)10-19-22-16(20-21-17(22)25)11-24-13-5-3-2-4-6-13/h2-10H,11H2,1H3,(H,21,25). The van der Waals surface area contributed by atoms with E-state index in [4.69, 9.17) is 21.7 Å². The molecule has 0 radical (unpaired) electrons. The van der Waals surface area contributed by atoms with Gasteiger partial charge in [0.1, 0.15) is 18.1 Å². The highest BCUT2D eigenvalue weighted by atomic mass is 79.9. The Bertz CT molecular complexity index is 937. The molecule has 0 fully saturated rings. The average molecular weight is 419 g/mol. The minimum atomic E-state index is 0.251. The fraction of sp³-hybridized carbons (Fsp3) is 0.118. The minimum absolute atomic E-state index is 0.251. The Morgan fingerprint density at radius 3 is 2.80 bits per heavy atom. The average Bonchev–Trinajstić information content (AvgIpc) is 2.99. The molecule has 0 unspecified atom stereocenters. The van der Waals surface area contributed by atoms with Crippen molar-refractivity contribution in [1.82, 2.24) is 14.9 Å². The number of hydrogen-bond acceptors (Lipinski definition) is 5. The van der Waals surface area contributed by atoms with E-state index in [0.717, 1.165) is 21.5 Å². The minimum Gasteiger partial charge on any atom is -0.496 e. The van der Waals surface area contributed by atoms with E-state index in [0.29, 0.717) is 10.6 Å². The zero-order valence-electron chi connectivity index (χ0n) is 13.3. The molecule has 6 nitrogen and oxygen atoms in total. The van der Waals surface area contributed by atoms with E-state index in [9.17, 15) is 0 Å². The van der Waals surface area contributed by atoms with Crippen molar-refractivity contribution < 1.29 is 9.47 Å². The summed E-state index contributed by atoms with van der Waals surface area (Å²) < 4.78 is 13.7. The Labute approximate surface area is 158 Å². The van der Waals surface area contributed by atoms with Crippen molar-refractivity contribution in [3.8, 4) is 11.5 Å². The number of nitrogens with one attached hydrogen (secondary N) is 1. The number of H-pyrrole nitrogens is 1. The van der Waals surface area contributed by atoms with Crippen molar-refractivity contribution in [3.63, 3.8) is 0 Å². The molecule has 0 bridgehead atoms. The lowest BCUT2D eigenvalue weighted by Crippen LogP contribution is -2.04. The van der Waals surface area contributed by atoms with Gasteiger partial charge in [0, 0.05) is 0 Å². The first kappa shape index (κ1) is 17.4. The topological polar surface area (TPSA) is 64.4 Å². The fourth-order valence-corrected chi connectivity index (χ4v) is 2.85. The fourth-order valence-electron chi connectivity index (χ4n) is 2.09. The molecule has 1 N–H and O–H groups in total. The van der Waals surface area contributed by atoms with Gasteiger partial charge in [0.05, 0.1) is 17.8 Å². The molecule has 25 heavy (non-hydrogen) atoms. The molecule has 2 aromatic carbocycles. The summed E-state index contributed by atoms with van der Waals surface area (Å²) in [5.74, 6) is 2.10. The quantitative estimate of drug-likeness (QED) is 0.481. The number of hydrogen-bond donors (Lipinski definition) is 1. The predicted molar refractivity (Wildman–Crippen MR) is 102 cm³/mol. The first-order valence-corrected chi connectivity index (χ1v) is 8.59. The van der Waals surface area contributed by atoms with E-state index >= 15 is 0 Å². The summed E-state index contributed by atoms with van der Waals surface area (Å²) in [5.41, 5.74) is 0.894. The van der Waals surface area contributed by atoms with Gasteiger partial charge in [-0.15, -0.1) is 0 Å². The molecule has 0 saturated carbocycles. The maximum atomic E-state index is 5.70. The SMILES string of the molecule is COc1ccc(C=Nn2c(COc3ccccc3)n[nH]c2=S)cc1Br. The molecule has 128 valence electrons. The van der Waals surface area contributed by atoms with Crippen LogP contribution in [0.15, 0.2) is 58.1 Å². The predicted octanol–water partition coefficient (Wildman–Crippen LogP) is 4.17. The van der Waals surface area contributed by atoms with Crippen molar-refractivity contribution >= 4 is 34.4 Å². The van der Waals surface area contributed by atoms with E-state index in [1.807, 2.05) is 48.5 Å². The molecule has 3 aromatic rings. The van der Waals surface area contributed by atoms with E-state index < -0.39 is 0 Å². The van der Waals surface area contributed by atoms with Crippen molar-refractivity contribution in [2.45, 2.75) is 6.61 Å². The molecule has 0 aliphatic rings. The lowest BCUT2D eigenvalue weighted by atomic mass is 10.2. The molecule has 8 heteroatoms. The third kappa shape index (κ3) is 4.34. The van der Waals surface area contributed by atoms with Gasteiger partial charge in [-0.1, -0.05) is 18.2 Å². The summed E-state index contributed by atoms with van der Waals surface area (Å²) in [7, 11) is 1.62. The van der Waals surface area contributed by atoms with Gasteiger partial charge in [-0.2, -0.15) is 14.9 Å². The highest BCUT2D eigenvalue weighted by Gasteiger charge is 2.06. The lowest BCUT2D eigenvalue weighted by molar-refractivity contribution is 0.290. The number of methoxy groups -OCH3 is 1. The van der Waals surface area contributed by atoms with Crippen LogP contribution in [-0.4, -0.2) is 28.2 Å². The van der Waals surface area contributed by atoms with Crippen LogP contribution in [0, 0.1) is 4.77 Å². The number of aromatic nitrogens is 3. The molecule has 0 atom stereocenters. The maximum Gasteiger partial charge on any atom is 0.216 e. The lowest BCUT2D eigenvalue weighted by Gasteiger charge is -2.05. The highest BCUT2D eigenvalue weighted by Crippen LogP contribution is 2.24. The number of rotatable bonds is 6. The van der Waals surface area contributed by atoms with Gasteiger partial charge in [-0.05, 0) is 64.0 Å². The summed E-state index contributed by atoms with van der Waals surface area (Å²) in [5, 5.41) is 11.3. The zero-order valence-corrected chi connectivity index (χ0v) is 15.8. The number of aromatic amines is 1. The third-order valence-corrected chi connectivity index (χ3v) is 4.21. The second-order valence-electron chi connectivity index (χ2n) is 5.00. The Morgan fingerprint density at radius 1 is 1.28 bits per heavy atom. The first-order valence-electron chi connectivity index (χ1n) is 7.39. The molecule has 1 heterocycles. The van der Waals surface area contributed by atoms with E-state index in [-0.39, 0.29) is 6.61 Å². The molecule has 0 aliphatic carbocycles. The number of ether oxygens (including phenoxy) is 2. The van der Waals surface area contributed by atoms with Gasteiger partial charge in [0.15, 0.2) is 5.82 Å². The van der Waals surface area contributed by atoms with Crippen LogP contribution >= 0.6 is 28.1 Å². The molecule has 3 rings (SSSR count). The zero-order chi connectivity index (χ0) is 17.6. The van der Waals surface area contributed by atoms with Crippen molar-refractivity contribution in [2.24, 2.45) is 5.10 Å². The van der Waals surface area contributed by atoms with Crippen molar-refractivity contribution in [1.29, 1.82) is 0 Å². The van der Waals surface area contributed by atoms with Gasteiger partial charge < -0.3 is 9.47 Å². The largest absolute Gasteiger partial charge is 0.496 e.